The molecule has 0 N–H and O–H groups in total. The van der Waals surface area contributed by atoms with Gasteiger partial charge in [-0.15, -0.1) is 0 Å². The lowest BCUT2D eigenvalue weighted by Gasteiger charge is -2.32. The van der Waals surface area contributed by atoms with Gasteiger partial charge in [-0.2, -0.15) is 0 Å². The zero-order chi connectivity index (χ0) is 24.6. The van der Waals surface area contributed by atoms with Gasteiger partial charge in [0.15, 0.2) is 8.32 Å². The molecule has 3 rings (SSSR count). The van der Waals surface area contributed by atoms with Crippen LogP contribution in [0.4, 0.5) is 0 Å². The second-order valence-corrected chi connectivity index (χ2v) is 14.5. The van der Waals surface area contributed by atoms with E-state index in [9.17, 15) is 9.59 Å². The Balaban J connectivity index is 1.78. The summed E-state index contributed by atoms with van der Waals surface area (Å²) in [6.45, 7) is 8.99. The number of ether oxygens (including phenoxy) is 2. The van der Waals surface area contributed by atoms with Crippen LogP contribution in [0.2, 0.25) is 18.1 Å². The summed E-state index contributed by atoms with van der Waals surface area (Å²) in [5.74, 6) is -0.451. The fourth-order valence-corrected chi connectivity index (χ4v) is 8.27. The number of hydrogen-bond acceptors (Lipinski definition) is 5. The molecule has 1 heterocycles. The standard InChI is InChI=1S/C28H42O5Si/c1-5-9-11-16-22(33-34(6-2,7-3)8-4)17-18-23-24-19-27(29)31-26(24)20-25(23)32-28(30)21-14-12-10-13-15-21/h10,12-15,17-18,22-26H,5-9,11,16,19-20H2,1-4H3/b18-17+/t22-,23?,24+,25?,26-/m0/s1. The van der Waals surface area contributed by atoms with Crippen LogP contribution in [0.1, 0.15) is 76.6 Å². The van der Waals surface area contributed by atoms with E-state index in [0.717, 1.165) is 31.0 Å². The predicted molar refractivity (Wildman–Crippen MR) is 137 cm³/mol. The van der Waals surface area contributed by atoms with Gasteiger partial charge in [-0.25, -0.2) is 4.79 Å². The smallest absolute Gasteiger partial charge is 0.338 e. The number of rotatable bonds is 13. The first-order valence-corrected chi connectivity index (χ1v) is 15.8. The quantitative estimate of drug-likeness (QED) is 0.134. The second kappa shape index (κ2) is 12.7. The zero-order valence-electron chi connectivity index (χ0n) is 21.3. The molecule has 188 valence electrons. The maximum Gasteiger partial charge on any atom is 0.338 e. The highest BCUT2D eigenvalue weighted by atomic mass is 28.4. The van der Waals surface area contributed by atoms with E-state index in [2.05, 4.69) is 39.8 Å². The predicted octanol–water partition coefficient (Wildman–Crippen LogP) is 6.69. The molecule has 2 aliphatic rings. The Bertz CT molecular complexity index is 811. The Labute approximate surface area is 206 Å². The Morgan fingerprint density at radius 1 is 1.12 bits per heavy atom. The van der Waals surface area contributed by atoms with Gasteiger partial charge in [-0.3, -0.25) is 4.79 Å². The zero-order valence-corrected chi connectivity index (χ0v) is 22.3. The second-order valence-electron chi connectivity index (χ2n) is 9.80. The first-order chi connectivity index (χ1) is 16.4. The van der Waals surface area contributed by atoms with Crippen molar-refractivity contribution in [3.63, 3.8) is 0 Å². The van der Waals surface area contributed by atoms with Crippen molar-refractivity contribution < 1.29 is 23.5 Å². The van der Waals surface area contributed by atoms with Crippen LogP contribution in [-0.2, 0) is 18.7 Å². The van der Waals surface area contributed by atoms with E-state index < -0.39 is 8.32 Å². The summed E-state index contributed by atoms with van der Waals surface area (Å²) in [6.07, 6.45) is 9.44. The summed E-state index contributed by atoms with van der Waals surface area (Å²) in [6, 6.07) is 12.4. The fourth-order valence-electron chi connectivity index (χ4n) is 5.43. The molecule has 1 aromatic carbocycles. The highest BCUT2D eigenvalue weighted by Crippen LogP contribution is 2.44. The van der Waals surface area contributed by atoms with E-state index in [1.165, 1.54) is 12.8 Å². The molecule has 0 aromatic heterocycles. The molecule has 1 aromatic rings. The summed E-state index contributed by atoms with van der Waals surface area (Å²) < 4.78 is 18.4. The van der Waals surface area contributed by atoms with Crippen molar-refractivity contribution in [3.8, 4) is 0 Å². The van der Waals surface area contributed by atoms with Gasteiger partial charge in [0.25, 0.3) is 0 Å². The Morgan fingerprint density at radius 3 is 2.47 bits per heavy atom. The van der Waals surface area contributed by atoms with E-state index in [1.807, 2.05) is 18.2 Å². The number of hydrogen-bond donors (Lipinski definition) is 0. The molecule has 0 bridgehead atoms. The molecule has 1 aliphatic heterocycles. The van der Waals surface area contributed by atoms with Crippen molar-refractivity contribution in [1.82, 2.24) is 0 Å². The van der Waals surface area contributed by atoms with Crippen molar-refractivity contribution in [1.29, 1.82) is 0 Å². The van der Waals surface area contributed by atoms with Gasteiger partial charge in [-0.1, -0.05) is 77.3 Å². The van der Waals surface area contributed by atoms with Crippen LogP contribution in [0, 0.1) is 11.8 Å². The van der Waals surface area contributed by atoms with Crippen LogP contribution in [0.15, 0.2) is 42.5 Å². The molecule has 5 atom stereocenters. The van der Waals surface area contributed by atoms with Crippen molar-refractivity contribution >= 4 is 20.3 Å². The Hall–Kier alpha value is -1.92. The van der Waals surface area contributed by atoms with Crippen LogP contribution >= 0.6 is 0 Å². The number of benzene rings is 1. The van der Waals surface area contributed by atoms with Crippen molar-refractivity contribution in [3.05, 3.63) is 48.0 Å². The van der Waals surface area contributed by atoms with Gasteiger partial charge in [0.2, 0.25) is 0 Å². The van der Waals surface area contributed by atoms with E-state index >= 15 is 0 Å². The van der Waals surface area contributed by atoms with Gasteiger partial charge < -0.3 is 13.9 Å². The molecule has 1 saturated carbocycles. The maximum absolute atomic E-state index is 12.8. The molecular formula is C28H42O5Si. The minimum absolute atomic E-state index is 0.0395. The van der Waals surface area contributed by atoms with Crippen LogP contribution in [0.5, 0.6) is 0 Å². The number of carbonyl (C=O) groups excluding carboxylic acids is 2. The summed E-state index contributed by atoms with van der Waals surface area (Å²) in [5.41, 5.74) is 0.546. The third-order valence-electron chi connectivity index (χ3n) is 7.79. The van der Waals surface area contributed by atoms with Crippen LogP contribution in [-0.4, -0.2) is 38.6 Å². The number of carbonyl (C=O) groups is 2. The van der Waals surface area contributed by atoms with Crippen LogP contribution in [0.3, 0.4) is 0 Å². The van der Waals surface area contributed by atoms with Gasteiger partial charge in [0.1, 0.15) is 12.2 Å². The molecule has 1 aliphatic carbocycles. The minimum atomic E-state index is -1.76. The lowest BCUT2D eigenvalue weighted by Crippen LogP contribution is -2.39. The topological polar surface area (TPSA) is 61.8 Å². The van der Waals surface area contributed by atoms with Crippen molar-refractivity contribution in [2.24, 2.45) is 11.8 Å². The van der Waals surface area contributed by atoms with E-state index in [1.54, 1.807) is 12.1 Å². The summed E-state index contributed by atoms with van der Waals surface area (Å²) in [4.78, 5) is 24.8. The lowest BCUT2D eigenvalue weighted by atomic mass is 9.91. The molecule has 0 spiro atoms. The summed E-state index contributed by atoms with van der Waals surface area (Å²) in [5, 5.41) is 0. The minimum Gasteiger partial charge on any atom is -0.462 e. The first-order valence-electron chi connectivity index (χ1n) is 13.3. The van der Waals surface area contributed by atoms with Gasteiger partial charge in [-0.05, 0) is 36.7 Å². The SMILES string of the molecule is CCCCC[C@@H](/C=C/C1C(OC(=O)c2ccccc2)C[C@@H]2OC(=O)C[C@H]12)O[Si](CC)(CC)CC. The van der Waals surface area contributed by atoms with Crippen molar-refractivity contribution in [2.45, 2.75) is 103 Å². The Morgan fingerprint density at radius 2 is 1.82 bits per heavy atom. The molecule has 2 unspecified atom stereocenters. The average molecular weight is 487 g/mol. The fraction of sp³-hybridized carbons (Fsp3) is 0.643. The number of esters is 2. The monoisotopic (exact) mass is 486 g/mol. The Kier molecular flexibility index (Phi) is 9.95. The van der Waals surface area contributed by atoms with Crippen molar-refractivity contribution in [2.75, 3.05) is 0 Å². The van der Waals surface area contributed by atoms with E-state index in [4.69, 9.17) is 13.9 Å². The first kappa shape index (κ1) is 26.7. The molecule has 2 fully saturated rings. The third kappa shape index (κ3) is 6.60. The third-order valence-corrected chi connectivity index (χ3v) is 12.5. The molecule has 34 heavy (non-hydrogen) atoms. The number of fused-ring (bicyclic) bond motifs is 1. The average Bonchev–Trinajstić information content (AvgIpc) is 3.36. The van der Waals surface area contributed by atoms with E-state index in [-0.39, 0.29) is 42.1 Å². The highest BCUT2D eigenvalue weighted by molar-refractivity contribution is 6.73. The van der Waals surface area contributed by atoms with Gasteiger partial charge in [0, 0.05) is 18.3 Å². The van der Waals surface area contributed by atoms with Gasteiger partial charge in [0.05, 0.1) is 18.1 Å². The molecule has 5 nitrogen and oxygen atoms in total. The largest absolute Gasteiger partial charge is 0.462 e. The maximum atomic E-state index is 12.8. The van der Waals surface area contributed by atoms with E-state index in [0.29, 0.717) is 18.4 Å². The normalized spacial score (nSPS) is 25.4. The van der Waals surface area contributed by atoms with Gasteiger partial charge >= 0.3 is 11.9 Å². The molecular weight excluding hydrogens is 444 g/mol. The lowest BCUT2D eigenvalue weighted by molar-refractivity contribution is -0.141. The number of unbranched alkanes of at least 4 members (excludes halogenated alkanes) is 2. The summed E-state index contributed by atoms with van der Waals surface area (Å²) in [7, 11) is -1.76. The molecule has 6 heteroatoms. The molecule has 1 saturated heterocycles. The van der Waals surface area contributed by atoms with Crippen LogP contribution in [0.25, 0.3) is 0 Å². The highest BCUT2D eigenvalue weighted by Gasteiger charge is 2.50. The van der Waals surface area contributed by atoms with Crippen LogP contribution < -0.4 is 0 Å². The summed E-state index contributed by atoms with van der Waals surface area (Å²) >= 11 is 0. The molecule has 0 radical (unpaired) electrons. The molecule has 0 amide bonds.